The molecule has 3 aromatic rings. The van der Waals surface area contributed by atoms with Crippen LogP contribution in [-0.4, -0.2) is 71.3 Å². The highest BCUT2D eigenvalue weighted by Gasteiger charge is 2.42. The van der Waals surface area contributed by atoms with Crippen molar-refractivity contribution in [3.8, 4) is 10.8 Å². The van der Waals surface area contributed by atoms with Crippen molar-refractivity contribution in [2.45, 2.75) is 43.0 Å². The summed E-state index contributed by atoms with van der Waals surface area (Å²) in [5, 5.41) is 17.6. The maximum atomic E-state index is 13.3. The van der Waals surface area contributed by atoms with Crippen molar-refractivity contribution >= 4 is 39.0 Å². The number of aromatic nitrogens is 4. The third kappa shape index (κ3) is 5.17. The molecule has 0 unspecified atom stereocenters. The van der Waals surface area contributed by atoms with Crippen molar-refractivity contribution in [2.24, 2.45) is 11.8 Å². The number of fused-ring (bicyclic) bond motifs is 2. The van der Waals surface area contributed by atoms with Gasteiger partial charge in [0.2, 0.25) is 10.0 Å². The maximum absolute atomic E-state index is 13.3. The first-order valence-corrected chi connectivity index (χ1v) is 14.1. The molecule has 1 saturated carbocycles. The van der Waals surface area contributed by atoms with Crippen LogP contribution in [0.4, 0.5) is 14.5 Å². The number of rotatable bonds is 6. The van der Waals surface area contributed by atoms with Gasteiger partial charge in [0.05, 0.1) is 17.4 Å². The number of anilines is 1. The van der Waals surface area contributed by atoms with Crippen molar-refractivity contribution in [3.63, 3.8) is 0 Å². The highest BCUT2D eigenvalue weighted by Crippen LogP contribution is 2.38. The molecule has 5 heterocycles. The largest absolute Gasteiger partial charge is 0.483 e. The van der Waals surface area contributed by atoms with E-state index in [-0.39, 0.29) is 16.4 Å². The van der Waals surface area contributed by atoms with Crippen molar-refractivity contribution in [1.29, 1.82) is 0 Å². The number of carboxylic acid groups (broad SMARTS) is 1. The van der Waals surface area contributed by atoms with Crippen LogP contribution < -0.4 is 14.9 Å². The molecule has 6 rings (SSSR count). The van der Waals surface area contributed by atoms with Crippen molar-refractivity contribution < 1.29 is 27.1 Å². The fraction of sp³-hybridized carbons (Fsp3) is 0.545. The molecule has 37 heavy (non-hydrogen) atoms. The molecule has 3 N–H and O–H groups in total. The smallest absolute Gasteiger partial charge is 0.291 e. The summed E-state index contributed by atoms with van der Waals surface area (Å²) in [7, 11) is -3.80. The Morgan fingerprint density at radius 2 is 2.03 bits per heavy atom. The van der Waals surface area contributed by atoms with Gasteiger partial charge in [0, 0.05) is 24.8 Å². The molecule has 1 aliphatic carbocycles. The number of nitrogens with one attached hydrogen (secondary N) is 2. The van der Waals surface area contributed by atoms with Crippen molar-refractivity contribution in [1.82, 2.24) is 29.6 Å². The van der Waals surface area contributed by atoms with E-state index in [2.05, 4.69) is 30.1 Å². The third-order valence-corrected chi connectivity index (χ3v) is 9.68. The summed E-state index contributed by atoms with van der Waals surface area (Å²) in [6, 6.07) is 1.71. The predicted molar refractivity (Wildman–Crippen MR) is 132 cm³/mol. The second-order valence-corrected chi connectivity index (χ2v) is 12.5. The number of nitrogens with zero attached hydrogens (tertiary/aromatic N) is 5. The van der Waals surface area contributed by atoms with Crippen LogP contribution in [0.3, 0.4) is 0 Å². The predicted octanol–water partition coefficient (Wildman–Crippen LogP) is 2.37. The summed E-state index contributed by atoms with van der Waals surface area (Å²) in [5.74, 6) is 1.43. The summed E-state index contributed by atoms with van der Waals surface area (Å²) >= 11 is 0.758. The molecule has 0 bridgehead atoms. The van der Waals surface area contributed by atoms with Gasteiger partial charge in [-0.1, -0.05) is 11.3 Å². The van der Waals surface area contributed by atoms with E-state index >= 15 is 0 Å². The van der Waals surface area contributed by atoms with E-state index in [0.29, 0.717) is 23.2 Å². The molecule has 15 heteroatoms. The number of piperidine rings is 1. The standard InChI is InChI=1S/C21H25F2N7O2S2.CH2O2/c1-21(3-4-21)28-34(31,32)14-6-15(29-5-2-12-7-24-8-13(12)10-29)16-9-25-18(30(16)11-14)20-27-26-19(33-20)17(22)23;2-1-3/h6,9,11-13,17,24,28H,2-5,7-8,10H2,1H3;1H,(H,2,3)/t12-,13-;/m1./s1. The van der Waals surface area contributed by atoms with Crippen LogP contribution in [0.25, 0.3) is 16.3 Å². The minimum atomic E-state index is -3.80. The number of imidazole rings is 1. The Kier molecular flexibility index (Phi) is 6.89. The minimum Gasteiger partial charge on any atom is -0.483 e. The van der Waals surface area contributed by atoms with Gasteiger partial charge in [0.25, 0.3) is 12.9 Å². The summed E-state index contributed by atoms with van der Waals surface area (Å²) < 4.78 is 57.3. The Morgan fingerprint density at radius 3 is 2.70 bits per heavy atom. The van der Waals surface area contributed by atoms with Crippen LogP contribution in [0, 0.1) is 11.8 Å². The van der Waals surface area contributed by atoms with E-state index in [1.54, 1.807) is 16.7 Å². The number of pyridine rings is 1. The highest BCUT2D eigenvalue weighted by molar-refractivity contribution is 7.89. The van der Waals surface area contributed by atoms with E-state index in [4.69, 9.17) is 9.90 Å². The molecular formula is C22H27F2N7O4S2. The summed E-state index contributed by atoms with van der Waals surface area (Å²) in [5.41, 5.74) is 1.06. The van der Waals surface area contributed by atoms with Gasteiger partial charge in [0.1, 0.15) is 4.90 Å². The molecule has 200 valence electrons. The topological polar surface area (TPSA) is 142 Å². The Labute approximate surface area is 216 Å². The minimum absolute atomic E-state index is 0.118. The summed E-state index contributed by atoms with van der Waals surface area (Å²) in [4.78, 5) is 15.1. The number of hydrogen-bond acceptors (Lipinski definition) is 9. The third-order valence-electron chi connectivity index (χ3n) is 7.15. The van der Waals surface area contributed by atoms with Crippen LogP contribution in [0.5, 0.6) is 0 Å². The molecular weight excluding hydrogens is 528 g/mol. The highest BCUT2D eigenvalue weighted by atomic mass is 32.2. The van der Waals surface area contributed by atoms with Gasteiger partial charge < -0.3 is 15.3 Å². The van der Waals surface area contributed by atoms with Crippen LogP contribution in [0.15, 0.2) is 23.4 Å². The zero-order valence-corrected chi connectivity index (χ0v) is 21.6. The molecule has 0 aromatic carbocycles. The lowest BCUT2D eigenvalue weighted by Crippen LogP contribution is -2.40. The van der Waals surface area contributed by atoms with Crippen LogP contribution in [0.2, 0.25) is 0 Å². The second kappa shape index (κ2) is 9.85. The van der Waals surface area contributed by atoms with Gasteiger partial charge in [-0.15, -0.1) is 10.2 Å². The fourth-order valence-corrected chi connectivity index (χ4v) is 7.13. The summed E-state index contributed by atoms with van der Waals surface area (Å²) in [6.45, 7) is 5.22. The molecule has 2 atom stereocenters. The van der Waals surface area contributed by atoms with E-state index in [1.807, 2.05) is 6.92 Å². The zero-order valence-electron chi connectivity index (χ0n) is 20.0. The molecule has 3 fully saturated rings. The number of alkyl halides is 2. The monoisotopic (exact) mass is 555 g/mol. The number of hydrogen-bond donors (Lipinski definition) is 3. The van der Waals surface area contributed by atoms with Crippen LogP contribution in [0.1, 0.15) is 37.6 Å². The molecule has 3 aliphatic rings. The first kappa shape index (κ1) is 25.9. The van der Waals surface area contributed by atoms with Gasteiger partial charge in [-0.3, -0.25) is 9.20 Å². The molecule has 3 aromatic heterocycles. The van der Waals surface area contributed by atoms with Gasteiger partial charge in [-0.2, -0.15) is 0 Å². The van der Waals surface area contributed by atoms with E-state index in [9.17, 15) is 17.2 Å². The lowest BCUT2D eigenvalue weighted by atomic mass is 9.88. The molecule has 2 aliphatic heterocycles. The Hall–Kier alpha value is -2.75. The average molecular weight is 556 g/mol. The van der Waals surface area contributed by atoms with Gasteiger partial charge in [-0.05, 0) is 57.2 Å². The molecule has 0 spiro atoms. The van der Waals surface area contributed by atoms with E-state index < -0.39 is 27.0 Å². The van der Waals surface area contributed by atoms with Crippen LogP contribution >= 0.6 is 11.3 Å². The first-order valence-electron chi connectivity index (χ1n) is 11.8. The van der Waals surface area contributed by atoms with Gasteiger partial charge >= 0.3 is 0 Å². The van der Waals surface area contributed by atoms with Crippen molar-refractivity contribution in [3.05, 3.63) is 23.5 Å². The SMILES string of the molecule is CC1(NS(=O)(=O)c2cc(N3CC[C@@H]4CNC[C@@H]4C3)c3cnc(-c4nnc(C(F)F)s4)n3c2)CC1.O=CO. The number of halogens is 2. The number of sulfonamides is 1. The van der Waals surface area contributed by atoms with E-state index in [0.717, 1.165) is 62.5 Å². The number of carbonyl (C=O) groups is 1. The lowest BCUT2D eigenvalue weighted by Gasteiger charge is -2.36. The lowest BCUT2D eigenvalue weighted by molar-refractivity contribution is -0.122. The first-order chi connectivity index (χ1) is 17.6. The van der Waals surface area contributed by atoms with E-state index in [1.165, 1.54) is 6.20 Å². The second-order valence-electron chi connectivity index (χ2n) is 9.83. The Morgan fingerprint density at radius 1 is 1.30 bits per heavy atom. The average Bonchev–Trinajstić information content (AvgIpc) is 3.30. The molecule has 0 radical (unpaired) electrons. The Bertz CT molecular complexity index is 1410. The molecule has 0 amide bonds. The normalized spacial score (nSPS) is 22.5. The van der Waals surface area contributed by atoms with Gasteiger partial charge in [0.15, 0.2) is 15.8 Å². The van der Waals surface area contributed by atoms with Gasteiger partial charge in [-0.25, -0.2) is 26.9 Å². The maximum Gasteiger partial charge on any atom is 0.291 e. The Balaban J connectivity index is 0.000000892. The molecule has 2 saturated heterocycles. The zero-order chi connectivity index (χ0) is 26.4. The quantitative estimate of drug-likeness (QED) is 0.391. The molecule has 11 nitrogen and oxygen atoms in total. The van der Waals surface area contributed by atoms with Crippen LogP contribution in [-0.2, 0) is 14.8 Å². The fourth-order valence-electron chi connectivity index (χ4n) is 4.95. The van der Waals surface area contributed by atoms with Crippen molar-refractivity contribution in [2.75, 3.05) is 31.1 Å². The summed E-state index contributed by atoms with van der Waals surface area (Å²) in [6.07, 6.45) is 3.03.